The van der Waals surface area contributed by atoms with Gasteiger partial charge in [0, 0.05) is 31.4 Å². The molecule has 4 heteroatoms. The quantitative estimate of drug-likeness (QED) is 0.375. The molecule has 4 aromatic rings. The van der Waals surface area contributed by atoms with Gasteiger partial charge in [0.2, 0.25) is 0 Å². The average molecular weight is 401 g/mol. The molecule has 0 unspecified atom stereocenters. The molecule has 0 aliphatic rings. The van der Waals surface area contributed by atoms with Crippen LogP contribution in [0.5, 0.6) is 5.75 Å². The molecule has 2 heterocycles. The van der Waals surface area contributed by atoms with Crippen LogP contribution in [0.1, 0.15) is 34.0 Å². The third-order valence-corrected chi connectivity index (χ3v) is 5.38. The summed E-state index contributed by atoms with van der Waals surface area (Å²) in [6.45, 7) is 6.59. The van der Waals surface area contributed by atoms with Crippen LogP contribution in [0, 0.1) is 20.8 Å². The van der Waals surface area contributed by atoms with E-state index in [0.29, 0.717) is 12.5 Å². The molecule has 0 spiro atoms. The number of hydrogen-bond acceptors (Lipinski definition) is 3. The van der Waals surface area contributed by atoms with E-state index in [2.05, 4.69) is 71.3 Å². The van der Waals surface area contributed by atoms with Crippen LogP contribution in [0.3, 0.4) is 0 Å². The Hall–Kier alpha value is -3.27. The summed E-state index contributed by atoms with van der Waals surface area (Å²) in [7, 11) is 0. The van der Waals surface area contributed by atoms with Gasteiger partial charge < -0.3 is 13.7 Å². The monoisotopic (exact) mass is 400 g/mol. The first kappa shape index (κ1) is 20.0. The van der Waals surface area contributed by atoms with Gasteiger partial charge in [-0.25, -0.2) is 4.98 Å². The smallest absolute Gasteiger partial charge is 0.191 e. The highest BCUT2D eigenvalue weighted by Gasteiger charge is 2.08. The van der Waals surface area contributed by atoms with E-state index in [-0.39, 0.29) is 0 Å². The van der Waals surface area contributed by atoms with Gasteiger partial charge in [-0.2, -0.15) is 0 Å². The van der Waals surface area contributed by atoms with E-state index in [1.807, 2.05) is 26.0 Å². The summed E-state index contributed by atoms with van der Waals surface area (Å²) in [4.78, 5) is 4.41. The molecule has 4 nitrogen and oxygen atoms in total. The average Bonchev–Trinajstić information content (AvgIpc) is 3.28. The van der Waals surface area contributed by atoms with Crippen molar-refractivity contribution in [3.8, 4) is 11.4 Å². The lowest BCUT2D eigenvalue weighted by atomic mass is 10.0. The van der Waals surface area contributed by atoms with Crippen LogP contribution in [0.4, 0.5) is 0 Å². The molecule has 0 amide bonds. The Kier molecular flexibility index (Phi) is 6.03. The van der Waals surface area contributed by atoms with Gasteiger partial charge in [-0.1, -0.05) is 30.3 Å². The number of rotatable bonds is 8. The second-order valence-electron chi connectivity index (χ2n) is 7.69. The third kappa shape index (κ3) is 4.82. The number of benzene rings is 2. The van der Waals surface area contributed by atoms with E-state index in [1.165, 1.54) is 22.4 Å². The highest BCUT2D eigenvalue weighted by molar-refractivity contribution is 5.37. The van der Waals surface area contributed by atoms with E-state index in [9.17, 15) is 0 Å². The lowest BCUT2D eigenvalue weighted by molar-refractivity contribution is 0.319. The first-order valence-electron chi connectivity index (χ1n) is 10.5. The summed E-state index contributed by atoms with van der Waals surface area (Å²) in [6, 6.07) is 18.8. The van der Waals surface area contributed by atoms with E-state index < -0.39 is 0 Å². The molecule has 0 saturated heterocycles. The molecule has 0 N–H and O–H groups in total. The number of nitrogens with zero attached hydrogens (tertiary/aromatic N) is 2. The summed E-state index contributed by atoms with van der Waals surface area (Å²) in [5, 5.41) is 0. The van der Waals surface area contributed by atoms with Crippen molar-refractivity contribution in [3.63, 3.8) is 0 Å². The van der Waals surface area contributed by atoms with Gasteiger partial charge in [-0.05, 0) is 67.6 Å². The highest BCUT2D eigenvalue weighted by atomic mass is 16.5. The van der Waals surface area contributed by atoms with E-state index in [4.69, 9.17) is 9.15 Å². The molecule has 2 aromatic carbocycles. The maximum Gasteiger partial charge on any atom is 0.191 e. The number of hydrogen-bond donors (Lipinski definition) is 0. The number of para-hydroxylation sites is 1. The molecule has 154 valence electrons. The maximum absolute atomic E-state index is 5.97. The Morgan fingerprint density at radius 1 is 0.900 bits per heavy atom. The van der Waals surface area contributed by atoms with Gasteiger partial charge in [0.05, 0.1) is 12.3 Å². The first-order chi connectivity index (χ1) is 14.6. The SMILES string of the molecule is Cc1nc(CCOc2cccc(CCc3cn(-c4ccccc4)cc3C)c2)c(C)o1. The topological polar surface area (TPSA) is 40.2 Å². The van der Waals surface area contributed by atoms with Crippen molar-refractivity contribution in [3.05, 3.63) is 101 Å². The number of aromatic nitrogens is 2. The fraction of sp³-hybridized carbons (Fsp3) is 0.269. The van der Waals surface area contributed by atoms with Gasteiger partial charge in [0.1, 0.15) is 11.5 Å². The van der Waals surface area contributed by atoms with E-state index in [0.717, 1.165) is 36.5 Å². The minimum absolute atomic E-state index is 0.593. The van der Waals surface area contributed by atoms with Crippen molar-refractivity contribution in [2.45, 2.75) is 40.0 Å². The fourth-order valence-electron chi connectivity index (χ4n) is 3.75. The van der Waals surface area contributed by atoms with Crippen LogP contribution in [-0.4, -0.2) is 16.2 Å². The molecule has 0 atom stereocenters. The molecular formula is C26H28N2O2. The molecule has 0 fully saturated rings. The van der Waals surface area contributed by atoms with Crippen molar-refractivity contribution in [1.82, 2.24) is 9.55 Å². The van der Waals surface area contributed by atoms with Crippen LogP contribution in [0.15, 0.2) is 71.4 Å². The van der Waals surface area contributed by atoms with Gasteiger partial charge >= 0.3 is 0 Å². The Balaban J connectivity index is 1.34. The molecule has 30 heavy (non-hydrogen) atoms. The van der Waals surface area contributed by atoms with Crippen molar-refractivity contribution in [2.75, 3.05) is 6.61 Å². The van der Waals surface area contributed by atoms with Crippen molar-refractivity contribution in [2.24, 2.45) is 0 Å². The zero-order valence-electron chi connectivity index (χ0n) is 17.9. The second-order valence-corrected chi connectivity index (χ2v) is 7.69. The van der Waals surface area contributed by atoms with Crippen molar-refractivity contribution in [1.29, 1.82) is 0 Å². The summed E-state index contributed by atoms with van der Waals surface area (Å²) in [5.41, 5.74) is 6.15. The summed E-state index contributed by atoms with van der Waals surface area (Å²) in [5.74, 6) is 2.49. The number of aryl methyl sites for hydroxylation is 5. The van der Waals surface area contributed by atoms with Gasteiger partial charge in [0.25, 0.3) is 0 Å². The predicted molar refractivity (Wildman–Crippen MR) is 120 cm³/mol. The molecule has 0 bridgehead atoms. The second kappa shape index (κ2) is 9.04. The van der Waals surface area contributed by atoms with Gasteiger partial charge in [-0.3, -0.25) is 0 Å². The normalized spacial score (nSPS) is 11.0. The number of ether oxygens (including phenoxy) is 1. The van der Waals surface area contributed by atoms with Crippen molar-refractivity contribution < 1.29 is 9.15 Å². The molecule has 2 aromatic heterocycles. The first-order valence-corrected chi connectivity index (χ1v) is 10.5. The third-order valence-electron chi connectivity index (χ3n) is 5.38. The lowest BCUT2D eigenvalue weighted by Gasteiger charge is -2.08. The van der Waals surface area contributed by atoms with Crippen molar-refractivity contribution >= 4 is 0 Å². The molecular weight excluding hydrogens is 372 g/mol. The lowest BCUT2D eigenvalue weighted by Crippen LogP contribution is -2.03. The molecule has 0 aliphatic heterocycles. The zero-order valence-corrected chi connectivity index (χ0v) is 17.9. The van der Waals surface area contributed by atoms with Crippen LogP contribution < -0.4 is 4.74 Å². The molecule has 0 saturated carbocycles. The Labute approximate surface area is 178 Å². The molecule has 4 rings (SSSR count). The molecule has 0 aliphatic carbocycles. The van der Waals surface area contributed by atoms with Gasteiger partial charge in [-0.15, -0.1) is 0 Å². The minimum Gasteiger partial charge on any atom is -0.493 e. The molecule has 0 radical (unpaired) electrons. The Morgan fingerprint density at radius 3 is 2.50 bits per heavy atom. The predicted octanol–water partition coefficient (Wildman–Crippen LogP) is 5.80. The van der Waals surface area contributed by atoms with E-state index in [1.54, 1.807) is 0 Å². The van der Waals surface area contributed by atoms with Gasteiger partial charge in [0.15, 0.2) is 5.89 Å². The maximum atomic E-state index is 5.97. The van der Waals surface area contributed by atoms with E-state index >= 15 is 0 Å². The summed E-state index contributed by atoms with van der Waals surface area (Å²) in [6.07, 6.45) is 7.19. The number of oxazole rings is 1. The van der Waals surface area contributed by atoms with Crippen LogP contribution >= 0.6 is 0 Å². The van der Waals surface area contributed by atoms with Crippen LogP contribution in [-0.2, 0) is 19.3 Å². The fourth-order valence-corrected chi connectivity index (χ4v) is 3.75. The Morgan fingerprint density at radius 2 is 1.73 bits per heavy atom. The highest BCUT2D eigenvalue weighted by Crippen LogP contribution is 2.20. The Bertz CT molecular complexity index is 1110. The zero-order chi connectivity index (χ0) is 20.9. The largest absolute Gasteiger partial charge is 0.493 e. The summed E-state index contributed by atoms with van der Waals surface area (Å²) < 4.78 is 13.7. The standard InChI is InChI=1S/C26H28N2O2/c1-19-17-28(24-9-5-4-6-10-24)18-23(19)13-12-22-8-7-11-25(16-22)29-15-14-26-20(2)30-21(3)27-26/h4-11,16-18H,12-15H2,1-3H3. The van der Waals surface area contributed by atoms with Crippen LogP contribution in [0.25, 0.3) is 5.69 Å². The minimum atomic E-state index is 0.593. The summed E-state index contributed by atoms with van der Waals surface area (Å²) >= 11 is 0. The van der Waals surface area contributed by atoms with Crippen LogP contribution in [0.2, 0.25) is 0 Å².